The summed E-state index contributed by atoms with van der Waals surface area (Å²) in [5.74, 6) is 0.530. The van der Waals surface area contributed by atoms with Crippen molar-refractivity contribution in [2.45, 2.75) is 64.6 Å². The average Bonchev–Trinajstić information content (AvgIpc) is 2.48. The maximum atomic E-state index is 12.3. The van der Waals surface area contributed by atoms with E-state index < -0.39 is 12.7 Å². The second-order valence-electron chi connectivity index (χ2n) is 6.67. The molecule has 3 nitrogen and oxygen atoms in total. The van der Waals surface area contributed by atoms with Gasteiger partial charge < -0.3 is 0 Å². The third-order valence-corrected chi connectivity index (χ3v) is 4.52. The number of rotatable bonds is 3. The van der Waals surface area contributed by atoms with Crippen LogP contribution in [0.2, 0.25) is 0 Å². The Morgan fingerprint density at radius 1 is 1.00 bits per heavy atom. The molecule has 2 rings (SSSR count). The monoisotopic (exact) mass is 333 g/mol. The summed E-state index contributed by atoms with van der Waals surface area (Å²) in [5.41, 5.74) is 0. The van der Waals surface area contributed by atoms with Crippen molar-refractivity contribution < 1.29 is 13.2 Å². The van der Waals surface area contributed by atoms with Crippen LogP contribution in [-0.2, 0) is 0 Å². The summed E-state index contributed by atoms with van der Waals surface area (Å²) in [6, 6.07) is 2.74. The molecule has 2 aliphatic rings. The average molecular weight is 333 g/mol. The highest BCUT2D eigenvalue weighted by Crippen LogP contribution is 2.30. The number of halogens is 3. The van der Waals surface area contributed by atoms with Crippen molar-refractivity contribution in [1.82, 2.24) is 9.80 Å². The molecule has 6 heteroatoms. The Kier molecular flexibility index (Phi) is 8.93. The van der Waals surface area contributed by atoms with Crippen molar-refractivity contribution in [1.29, 1.82) is 5.26 Å². The first-order chi connectivity index (χ1) is 10.9. The Morgan fingerprint density at radius 3 is 1.96 bits per heavy atom. The zero-order valence-electron chi connectivity index (χ0n) is 14.4. The summed E-state index contributed by atoms with van der Waals surface area (Å²) in [4.78, 5) is 3.84. The molecule has 0 aromatic rings. The third kappa shape index (κ3) is 8.03. The lowest BCUT2D eigenvalue weighted by molar-refractivity contribution is -0.150. The van der Waals surface area contributed by atoms with Crippen molar-refractivity contribution >= 4 is 0 Å². The Bertz CT molecular complexity index is 349. The minimum Gasteiger partial charge on any atom is -0.298 e. The molecule has 1 aliphatic carbocycles. The van der Waals surface area contributed by atoms with Crippen LogP contribution in [-0.4, -0.2) is 54.7 Å². The van der Waals surface area contributed by atoms with Crippen LogP contribution >= 0.6 is 0 Å². The van der Waals surface area contributed by atoms with Gasteiger partial charge in [-0.15, -0.1) is 0 Å². The zero-order chi connectivity index (χ0) is 17.3. The van der Waals surface area contributed by atoms with Crippen molar-refractivity contribution in [2.24, 2.45) is 5.92 Å². The van der Waals surface area contributed by atoms with Gasteiger partial charge in [0.15, 0.2) is 0 Å². The van der Waals surface area contributed by atoms with E-state index in [9.17, 15) is 13.2 Å². The first kappa shape index (κ1) is 20.2. The molecule has 0 radical (unpaired) electrons. The standard InChI is InChI=1S/C14H22F3N3.C3H8/c15-14(16,17)11-19-7-9-20(10-8-19)13-3-1-12(2-4-13)5-6-18;1-3-2/h12-13H,1-5,7-11H2;3H2,1-2H3. The molecule has 0 unspecified atom stereocenters. The fourth-order valence-corrected chi connectivity index (χ4v) is 3.38. The highest BCUT2D eigenvalue weighted by molar-refractivity contribution is 4.86. The predicted octanol–water partition coefficient (Wildman–Crippen LogP) is 4.06. The van der Waals surface area contributed by atoms with Crippen LogP contribution in [0.1, 0.15) is 52.4 Å². The van der Waals surface area contributed by atoms with Gasteiger partial charge >= 0.3 is 6.18 Å². The van der Waals surface area contributed by atoms with E-state index in [2.05, 4.69) is 24.8 Å². The molecular weight excluding hydrogens is 303 g/mol. The summed E-state index contributed by atoms with van der Waals surface area (Å²) in [6.07, 6.45) is 2.16. The van der Waals surface area contributed by atoms with E-state index >= 15 is 0 Å². The smallest absolute Gasteiger partial charge is 0.298 e. The zero-order valence-corrected chi connectivity index (χ0v) is 14.4. The van der Waals surface area contributed by atoms with Crippen LogP contribution in [0, 0.1) is 17.2 Å². The highest BCUT2D eigenvalue weighted by Gasteiger charge is 2.34. The van der Waals surface area contributed by atoms with E-state index in [1.165, 1.54) is 11.3 Å². The Labute approximate surface area is 138 Å². The van der Waals surface area contributed by atoms with E-state index in [4.69, 9.17) is 5.26 Å². The van der Waals surface area contributed by atoms with Crippen molar-refractivity contribution in [2.75, 3.05) is 32.7 Å². The summed E-state index contributed by atoms with van der Waals surface area (Å²) in [5, 5.41) is 8.70. The minimum absolute atomic E-state index is 0.512. The fourth-order valence-electron chi connectivity index (χ4n) is 3.38. The van der Waals surface area contributed by atoms with Crippen molar-refractivity contribution in [3.8, 4) is 6.07 Å². The first-order valence-corrected chi connectivity index (χ1v) is 8.79. The molecule has 0 bridgehead atoms. The van der Waals surface area contributed by atoms with Crippen LogP contribution < -0.4 is 0 Å². The lowest BCUT2D eigenvalue weighted by atomic mass is 9.83. The number of hydrogen-bond donors (Lipinski definition) is 0. The topological polar surface area (TPSA) is 30.3 Å². The molecule has 1 aliphatic heterocycles. The molecule has 1 heterocycles. The van der Waals surface area contributed by atoms with Gasteiger partial charge in [0.1, 0.15) is 0 Å². The van der Waals surface area contributed by atoms with Gasteiger partial charge in [0.2, 0.25) is 0 Å². The molecule has 1 saturated heterocycles. The second-order valence-corrected chi connectivity index (χ2v) is 6.67. The second kappa shape index (κ2) is 10.1. The minimum atomic E-state index is -4.09. The van der Waals surface area contributed by atoms with E-state index in [1.807, 2.05) is 0 Å². The van der Waals surface area contributed by atoms with Gasteiger partial charge in [0, 0.05) is 38.6 Å². The molecule has 0 spiro atoms. The van der Waals surface area contributed by atoms with Crippen LogP contribution in [0.3, 0.4) is 0 Å². The molecular formula is C17H30F3N3. The normalized spacial score (nSPS) is 27.0. The molecule has 0 amide bonds. The van der Waals surface area contributed by atoms with E-state index in [0.717, 1.165) is 38.8 Å². The molecule has 23 heavy (non-hydrogen) atoms. The molecule has 0 aromatic carbocycles. The quantitative estimate of drug-likeness (QED) is 0.780. The predicted molar refractivity (Wildman–Crippen MR) is 86.0 cm³/mol. The number of nitriles is 1. The molecule has 0 aromatic heterocycles. The fraction of sp³-hybridized carbons (Fsp3) is 0.941. The van der Waals surface area contributed by atoms with Gasteiger partial charge in [-0.2, -0.15) is 18.4 Å². The SMILES string of the molecule is CCC.N#CCC1CCC(N2CCN(CC(F)(F)F)CC2)CC1. The van der Waals surface area contributed by atoms with Crippen LogP contribution in [0.25, 0.3) is 0 Å². The molecule has 1 saturated carbocycles. The Hall–Kier alpha value is -0.800. The van der Waals surface area contributed by atoms with Crippen LogP contribution in [0.5, 0.6) is 0 Å². The largest absolute Gasteiger partial charge is 0.401 e. The first-order valence-electron chi connectivity index (χ1n) is 8.79. The molecule has 134 valence electrons. The molecule has 2 fully saturated rings. The Morgan fingerprint density at radius 2 is 1.52 bits per heavy atom. The maximum absolute atomic E-state index is 12.3. The van der Waals surface area contributed by atoms with Gasteiger partial charge in [-0.05, 0) is 31.6 Å². The van der Waals surface area contributed by atoms with Gasteiger partial charge in [0.25, 0.3) is 0 Å². The Balaban J connectivity index is 0.000000816. The highest BCUT2D eigenvalue weighted by atomic mass is 19.4. The van der Waals surface area contributed by atoms with E-state index in [-0.39, 0.29) is 0 Å². The van der Waals surface area contributed by atoms with Crippen molar-refractivity contribution in [3.05, 3.63) is 0 Å². The summed E-state index contributed by atoms with van der Waals surface area (Å²) < 4.78 is 37.0. The molecule has 0 atom stereocenters. The van der Waals surface area contributed by atoms with Gasteiger partial charge in [-0.1, -0.05) is 20.3 Å². The number of nitrogens with zero attached hydrogens (tertiary/aromatic N) is 3. The van der Waals surface area contributed by atoms with E-state index in [1.54, 1.807) is 0 Å². The number of hydrogen-bond acceptors (Lipinski definition) is 3. The summed E-state index contributed by atoms with van der Waals surface area (Å²) in [7, 11) is 0. The summed E-state index contributed by atoms with van der Waals surface area (Å²) >= 11 is 0. The number of piperazine rings is 1. The lowest BCUT2D eigenvalue weighted by Gasteiger charge is -2.41. The maximum Gasteiger partial charge on any atom is 0.401 e. The lowest BCUT2D eigenvalue weighted by Crippen LogP contribution is -2.52. The third-order valence-electron chi connectivity index (χ3n) is 4.52. The van der Waals surface area contributed by atoms with Gasteiger partial charge in [-0.3, -0.25) is 9.80 Å². The van der Waals surface area contributed by atoms with Crippen LogP contribution in [0.15, 0.2) is 0 Å². The van der Waals surface area contributed by atoms with Gasteiger partial charge in [0.05, 0.1) is 12.6 Å². The van der Waals surface area contributed by atoms with E-state index in [0.29, 0.717) is 31.5 Å². The van der Waals surface area contributed by atoms with Crippen LogP contribution in [0.4, 0.5) is 13.2 Å². The molecule has 0 N–H and O–H groups in total. The summed E-state index contributed by atoms with van der Waals surface area (Å²) in [6.45, 7) is 5.97. The number of alkyl halides is 3. The van der Waals surface area contributed by atoms with Crippen molar-refractivity contribution in [3.63, 3.8) is 0 Å². The van der Waals surface area contributed by atoms with Gasteiger partial charge in [-0.25, -0.2) is 0 Å².